The molecule has 0 saturated carbocycles. The Labute approximate surface area is 87.4 Å². The summed E-state index contributed by atoms with van der Waals surface area (Å²) in [4.78, 5) is 10.4. The summed E-state index contributed by atoms with van der Waals surface area (Å²) in [5.41, 5.74) is 4.98. The summed E-state index contributed by atoms with van der Waals surface area (Å²) in [5.74, 6) is -0.0237. The number of amides is 1. The van der Waals surface area contributed by atoms with Crippen LogP contribution in [0.5, 0.6) is 0 Å². The molecule has 0 bridgehead atoms. The van der Waals surface area contributed by atoms with Crippen molar-refractivity contribution in [1.82, 2.24) is 0 Å². The van der Waals surface area contributed by atoms with Crippen LogP contribution in [0.2, 0.25) is 0 Å². The molecule has 0 aromatic carbocycles. The molecule has 4 nitrogen and oxygen atoms in total. The lowest BCUT2D eigenvalue weighted by Gasteiger charge is -2.12. The van der Waals surface area contributed by atoms with Gasteiger partial charge < -0.3 is 14.8 Å². The van der Waals surface area contributed by atoms with E-state index in [2.05, 4.69) is 0 Å². The van der Waals surface area contributed by atoms with Crippen LogP contribution in [0.1, 0.15) is 13.8 Å². The van der Waals surface area contributed by atoms with Crippen molar-refractivity contribution >= 4 is 34.7 Å². The Hall–Kier alpha value is 0.520. The molecule has 0 spiro atoms. The van der Waals surface area contributed by atoms with E-state index in [4.69, 9.17) is 14.8 Å². The van der Waals surface area contributed by atoms with Crippen molar-refractivity contribution < 1.29 is 13.8 Å². The van der Waals surface area contributed by atoms with Crippen LogP contribution in [0.25, 0.3) is 0 Å². The second-order valence-corrected chi connectivity index (χ2v) is 6.89. The Morgan fingerprint density at radius 2 is 1.92 bits per heavy atom. The van der Waals surface area contributed by atoms with Crippen molar-refractivity contribution in [1.29, 1.82) is 0 Å². The molecule has 13 heavy (non-hydrogen) atoms. The average molecular weight is 243 g/mol. The Morgan fingerprint density at radius 1 is 1.38 bits per heavy atom. The van der Waals surface area contributed by atoms with Crippen molar-refractivity contribution in [2.24, 2.45) is 5.73 Å². The van der Waals surface area contributed by atoms with Crippen LogP contribution in [0.3, 0.4) is 0 Å². The summed E-state index contributed by atoms with van der Waals surface area (Å²) in [5, 5.41) is 0. The monoisotopic (exact) mass is 243 g/mol. The zero-order valence-electron chi connectivity index (χ0n) is 7.69. The van der Waals surface area contributed by atoms with Gasteiger partial charge in [-0.25, -0.2) is 0 Å². The molecule has 0 unspecified atom stereocenters. The van der Waals surface area contributed by atoms with E-state index in [1.807, 2.05) is 13.8 Å². The maximum absolute atomic E-state index is 10.4. The minimum Gasteiger partial charge on any atom is -0.369 e. The number of carbonyl (C=O) groups excluding carboxylic acids is 1. The Bertz CT molecular complexity index is 144. The van der Waals surface area contributed by atoms with Gasteiger partial charge >= 0.3 is 0 Å². The molecule has 0 heterocycles. The van der Waals surface area contributed by atoms with Crippen molar-refractivity contribution in [2.75, 3.05) is 19.0 Å². The van der Waals surface area contributed by atoms with Crippen LogP contribution in [-0.4, -0.2) is 24.9 Å². The molecule has 0 aromatic rings. The highest BCUT2D eigenvalue weighted by atomic mass is 33.3. The second-order valence-electron chi connectivity index (χ2n) is 1.86. The van der Waals surface area contributed by atoms with Crippen molar-refractivity contribution in [3.8, 4) is 0 Å². The first-order valence-corrected chi connectivity index (χ1v) is 7.94. The van der Waals surface area contributed by atoms with Gasteiger partial charge in [0.15, 0.2) is 0 Å². The highest BCUT2D eigenvalue weighted by Gasteiger charge is 2.10. The van der Waals surface area contributed by atoms with Gasteiger partial charge in [0, 0.05) is 0 Å². The van der Waals surface area contributed by atoms with Crippen molar-refractivity contribution in [3.63, 3.8) is 0 Å². The molecular weight excluding hydrogens is 229 g/mol. The second kappa shape index (κ2) is 9.09. The van der Waals surface area contributed by atoms with E-state index in [1.54, 1.807) is 0 Å². The topological polar surface area (TPSA) is 61.6 Å². The highest BCUT2D eigenvalue weighted by molar-refractivity contribution is 8.97. The molecule has 0 saturated heterocycles. The maximum atomic E-state index is 10.4. The molecule has 1 amide bonds. The fraction of sp³-hybridized carbons (Fsp3) is 0.833. The van der Waals surface area contributed by atoms with Crippen molar-refractivity contribution in [2.45, 2.75) is 13.8 Å². The van der Waals surface area contributed by atoms with Gasteiger partial charge in [-0.15, -0.1) is 0 Å². The first-order valence-electron chi connectivity index (χ1n) is 3.84. The molecule has 78 valence electrons. The average Bonchev–Trinajstić information content (AvgIpc) is 2.04. The summed E-state index contributed by atoms with van der Waals surface area (Å²) in [7, 11) is 1.89. The van der Waals surface area contributed by atoms with Gasteiger partial charge in [0.05, 0.1) is 19.0 Å². The van der Waals surface area contributed by atoms with E-state index in [1.165, 1.54) is 21.2 Å². The van der Waals surface area contributed by atoms with Gasteiger partial charge in [0.2, 0.25) is 13.5 Å². The lowest BCUT2D eigenvalue weighted by molar-refractivity contribution is -0.115. The minimum absolute atomic E-state index is 0.295. The smallest absolute Gasteiger partial charge is 0.249 e. The zero-order chi connectivity index (χ0) is 10.1. The molecule has 0 aliphatic rings. The van der Waals surface area contributed by atoms with Crippen molar-refractivity contribution in [3.05, 3.63) is 0 Å². The predicted octanol–water partition coefficient (Wildman–Crippen LogP) is 2.15. The molecule has 0 rings (SSSR count). The number of primary amides is 1. The van der Waals surface area contributed by atoms with E-state index in [9.17, 15) is 4.79 Å². The first-order chi connectivity index (χ1) is 6.20. The molecule has 0 aliphatic carbocycles. The summed E-state index contributed by atoms with van der Waals surface area (Å²) < 4.78 is 10.6. The zero-order valence-corrected chi connectivity index (χ0v) is 10.2. The van der Waals surface area contributed by atoms with E-state index in [0.29, 0.717) is 19.0 Å². The quantitative estimate of drug-likeness (QED) is 0.523. The third kappa shape index (κ3) is 8.84. The normalized spacial score (nSPS) is 10.7. The van der Waals surface area contributed by atoms with Crippen LogP contribution in [-0.2, 0) is 13.8 Å². The lowest BCUT2D eigenvalue weighted by atomic mass is 10.8. The third-order valence-corrected chi connectivity index (χ3v) is 6.06. The van der Waals surface area contributed by atoms with Gasteiger partial charge in [0.1, 0.15) is 0 Å². The third-order valence-electron chi connectivity index (χ3n) is 0.784. The largest absolute Gasteiger partial charge is 0.369 e. The standard InChI is InChI=1S/C6H14NO3PS2/c1-3-9-11(10-4-2)13-12-5-6(7)8/h3-5H2,1-2H3,(H2,7,8). The molecule has 0 fully saturated rings. The molecule has 0 aromatic heterocycles. The Balaban J connectivity index is 3.49. The summed E-state index contributed by atoms with van der Waals surface area (Å²) in [6, 6.07) is 0. The number of hydrogen-bond acceptors (Lipinski definition) is 5. The summed E-state index contributed by atoms with van der Waals surface area (Å²) in [6.07, 6.45) is 0. The lowest BCUT2D eigenvalue weighted by Crippen LogP contribution is -2.12. The van der Waals surface area contributed by atoms with Crippen LogP contribution in [0.15, 0.2) is 0 Å². The highest BCUT2D eigenvalue weighted by Crippen LogP contribution is 2.57. The van der Waals surface area contributed by atoms with E-state index in [0.717, 1.165) is 0 Å². The number of nitrogens with two attached hydrogens (primary N) is 1. The molecule has 0 radical (unpaired) electrons. The van der Waals surface area contributed by atoms with Gasteiger partial charge in [-0.3, -0.25) is 4.79 Å². The Morgan fingerprint density at radius 3 is 2.31 bits per heavy atom. The van der Waals surface area contributed by atoms with E-state index < -0.39 is 7.58 Å². The fourth-order valence-corrected chi connectivity index (χ4v) is 4.93. The molecule has 0 aliphatic heterocycles. The molecule has 2 N–H and O–H groups in total. The predicted molar refractivity (Wildman–Crippen MR) is 59.4 cm³/mol. The SMILES string of the molecule is CCOP(OCC)SSCC(N)=O. The fourth-order valence-electron chi connectivity index (χ4n) is 0.419. The minimum atomic E-state index is -0.920. The van der Waals surface area contributed by atoms with Crippen LogP contribution < -0.4 is 5.73 Å². The van der Waals surface area contributed by atoms with Crippen LogP contribution >= 0.6 is 28.8 Å². The van der Waals surface area contributed by atoms with Gasteiger partial charge in [-0.05, 0) is 24.3 Å². The maximum Gasteiger partial charge on any atom is 0.249 e. The molecular formula is C6H14NO3PS2. The number of carbonyl (C=O) groups is 1. The number of hydrogen-bond donors (Lipinski definition) is 1. The van der Waals surface area contributed by atoms with Gasteiger partial charge in [-0.2, -0.15) is 0 Å². The van der Waals surface area contributed by atoms with Gasteiger partial charge in [0.25, 0.3) is 0 Å². The Kier molecular flexibility index (Phi) is 9.45. The summed E-state index contributed by atoms with van der Waals surface area (Å²) in [6.45, 7) is 5.06. The van der Waals surface area contributed by atoms with E-state index >= 15 is 0 Å². The number of rotatable bonds is 8. The molecule has 7 heteroatoms. The van der Waals surface area contributed by atoms with Gasteiger partial charge in [-0.1, -0.05) is 10.8 Å². The molecule has 0 atom stereocenters. The first kappa shape index (κ1) is 13.5. The van der Waals surface area contributed by atoms with Crippen LogP contribution in [0.4, 0.5) is 0 Å². The van der Waals surface area contributed by atoms with E-state index in [-0.39, 0.29) is 5.91 Å². The van der Waals surface area contributed by atoms with Crippen LogP contribution in [0, 0.1) is 0 Å². The summed E-state index contributed by atoms with van der Waals surface area (Å²) >= 11 is 0.